The first-order valence-electron chi connectivity index (χ1n) is 4.02. The van der Waals surface area contributed by atoms with Crippen LogP contribution >= 0.6 is 11.6 Å². The summed E-state index contributed by atoms with van der Waals surface area (Å²) in [4.78, 5) is 0. The molecule has 13 heavy (non-hydrogen) atoms. The van der Waals surface area contributed by atoms with Crippen LogP contribution in [0.25, 0.3) is 6.08 Å². The van der Waals surface area contributed by atoms with Gasteiger partial charge in [-0.1, -0.05) is 24.3 Å². The summed E-state index contributed by atoms with van der Waals surface area (Å²) in [6.45, 7) is 0. The lowest BCUT2D eigenvalue weighted by Gasteiger charge is -2.00. The van der Waals surface area contributed by atoms with Crippen LogP contribution in [-0.4, -0.2) is 5.88 Å². The lowest BCUT2D eigenvalue weighted by atomic mass is 10.1. The van der Waals surface area contributed by atoms with Crippen molar-refractivity contribution in [2.75, 3.05) is 11.6 Å². The van der Waals surface area contributed by atoms with Gasteiger partial charge in [-0.15, -0.1) is 11.6 Å². The van der Waals surface area contributed by atoms with Crippen LogP contribution in [0.5, 0.6) is 0 Å². The van der Waals surface area contributed by atoms with Crippen LogP contribution in [0, 0.1) is 5.82 Å². The minimum atomic E-state index is -0.381. The van der Waals surface area contributed by atoms with Crippen molar-refractivity contribution in [1.82, 2.24) is 0 Å². The first kappa shape index (κ1) is 10.1. The number of benzene rings is 1. The first-order valence-corrected chi connectivity index (χ1v) is 4.55. The zero-order valence-electron chi connectivity index (χ0n) is 7.13. The van der Waals surface area contributed by atoms with Crippen LogP contribution in [0.1, 0.15) is 12.0 Å². The molecular formula is C10H11ClFN. The van der Waals surface area contributed by atoms with E-state index in [4.69, 9.17) is 17.3 Å². The molecule has 0 fully saturated rings. The maximum absolute atomic E-state index is 12.9. The SMILES string of the molecule is Nc1c(F)cccc1C=CCCCl. The molecule has 0 spiro atoms. The number of nitrogens with two attached hydrogens (primary N) is 1. The summed E-state index contributed by atoms with van der Waals surface area (Å²) in [7, 11) is 0. The van der Waals surface area contributed by atoms with Crippen molar-refractivity contribution in [3.63, 3.8) is 0 Å². The molecule has 0 saturated carbocycles. The fourth-order valence-corrected chi connectivity index (χ4v) is 1.10. The fourth-order valence-electron chi connectivity index (χ4n) is 0.972. The Balaban J connectivity index is 2.83. The Bertz CT molecular complexity index is 310. The number of rotatable bonds is 3. The second-order valence-corrected chi connectivity index (χ2v) is 3.00. The molecule has 0 heterocycles. The zero-order chi connectivity index (χ0) is 9.68. The van der Waals surface area contributed by atoms with Crippen LogP contribution < -0.4 is 5.73 Å². The third kappa shape index (κ3) is 2.74. The second kappa shape index (κ2) is 4.87. The van der Waals surface area contributed by atoms with Crippen molar-refractivity contribution >= 4 is 23.4 Å². The molecule has 3 heteroatoms. The van der Waals surface area contributed by atoms with E-state index >= 15 is 0 Å². The minimum absolute atomic E-state index is 0.188. The molecule has 0 aliphatic heterocycles. The lowest BCUT2D eigenvalue weighted by molar-refractivity contribution is 0.632. The summed E-state index contributed by atoms with van der Waals surface area (Å²) in [5.41, 5.74) is 6.39. The van der Waals surface area contributed by atoms with Crippen molar-refractivity contribution in [3.05, 3.63) is 35.7 Å². The summed E-state index contributed by atoms with van der Waals surface area (Å²) in [6.07, 6.45) is 4.41. The Labute approximate surface area is 82.0 Å². The van der Waals surface area contributed by atoms with Gasteiger partial charge in [0.2, 0.25) is 0 Å². The van der Waals surface area contributed by atoms with E-state index in [-0.39, 0.29) is 11.5 Å². The molecule has 0 aliphatic carbocycles. The van der Waals surface area contributed by atoms with E-state index in [1.807, 2.05) is 6.08 Å². The molecule has 1 nitrogen and oxygen atoms in total. The van der Waals surface area contributed by atoms with Gasteiger partial charge in [0.25, 0.3) is 0 Å². The summed E-state index contributed by atoms with van der Waals surface area (Å²) in [5.74, 6) is 0.180. The summed E-state index contributed by atoms with van der Waals surface area (Å²) in [5, 5.41) is 0. The number of halogens is 2. The molecule has 1 rings (SSSR count). The third-order valence-electron chi connectivity index (χ3n) is 1.66. The molecule has 0 radical (unpaired) electrons. The van der Waals surface area contributed by atoms with Crippen LogP contribution in [0.2, 0.25) is 0 Å². The van der Waals surface area contributed by atoms with Gasteiger partial charge in [-0.25, -0.2) is 4.39 Å². The fraction of sp³-hybridized carbons (Fsp3) is 0.200. The highest BCUT2D eigenvalue weighted by molar-refractivity contribution is 6.17. The molecule has 0 unspecified atom stereocenters. The molecule has 0 aliphatic rings. The van der Waals surface area contributed by atoms with Crippen LogP contribution in [0.3, 0.4) is 0 Å². The molecule has 0 aromatic heterocycles. The number of alkyl halides is 1. The predicted molar refractivity (Wildman–Crippen MR) is 55.2 cm³/mol. The topological polar surface area (TPSA) is 26.0 Å². The Morgan fingerprint density at radius 2 is 2.23 bits per heavy atom. The number of hydrogen-bond donors (Lipinski definition) is 1. The van der Waals surface area contributed by atoms with E-state index in [1.54, 1.807) is 18.2 Å². The van der Waals surface area contributed by atoms with Gasteiger partial charge in [-0.2, -0.15) is 0 Å². The van der Waals surface area contributed by atoms with E-state index < -0.39 is 0 Å². The molecule has 2 N–H and O–H groups in total. The number of nitrogen functional groups attached to an aromatic ring is 1. The molecular weight excluding hydrogens is 189 g/mol. The molecule has 0 saturated heterocycles. The van der Waals surface area contributed by atoms with Crippen molar-refractivity contribution in [1.29, 1.82) is 0 Å². The number of hydrogen-bond acceptors (Lipinski definition) is 1. The van der Waals surface area contributed by atoms with E-state index in [1.165, 1.54) is 6.07 Å². The highest BCUT2D eigenvalue weighted by Crippen LogP contribution is 2.17. The molecule has 1 aromatic rings. The maximum Gasteiger partial charge on any atom is 0.146 e. The van der Waals surface area contributed by atoms with Gasteiger partial charge in [0.15, 0.2) is 0 Å². The Morgan fingerprint density at radius 1 is 1.46 bits per heavy atom. The number of allylic oxidation sites excluding steroid dienone is 1. The van der Waals surface area contributed by atoms with Crippen molar-refractivity contribution in [2.45, 2.75) is 6.42 Å². The average Bonchev–Trinajstić information content (AvgIpc) is 2.13. The van der Waals surface area contributed by atoms with Gasteiger partial charge in [0.1, 0.15) is 5.82 Å². The van der Waals surface area contributed by atoms with Crippen LogP contribution in [0.4, 0.5) is 10.1 Å². The Hall–Kier alpha value is -1.02. The van der Waals surface area contributed by atoms with Gasteiger partial charge in [-0.3, -0.25) is 0 Å². The monoisotopic (exact) mass is 199 g/mol. The average molecular weight is 200 g/mol. The molecule has 70 valence electrons. The van der Waals surface area contributed by atoms with Gasteiger partial charge in [-0.05, 0) is 12.5 Å². The quantitative estimate of drug-likeness (QED) is 0.588. The van der Waals surface area contributed by atoms with Crippen molar-refractivity contribution in [2.24, 2.45) is 0 Å². The third-order valence-corrected chi connectivity index (χ3v) is 1.88. The summed E-state index contributed by atoms with van der Waals surface area (Å²) < 4.78 is 12.9. The molecule has 1 aromatic carbocycles. The minimum Gasteiger partial charge on any atom is -0.396 e. The largest absolute Gasteiger partial charge is 0.396 e. The lowest BCUT2D eigenvalue weighted by Crippen LogP contribution is -1.93. The number of para-hydroxylation sites is 1. The normalized spacial score (nSPS) is 10.9. The van der Waals surface area contributed by atoms with E-state index in [9.17, 15) is 4.39 Å². The van der Waals surface area contributed by atoms with Gasteiger partial charge >= 0.3 is 0 Å². The number of anilines is 1. The molecule has 0 bridgehead atoms. The maximum atomic E-state index is 12.9. The van der Waals surface area contributed by atoms with E-state index in [0.717, 1.165) is 6.42 Å². The van der Waals surface area contributed by atoms with Gasteiger partial charge in [0.05, 0.1) is 5.69 Å². The van der Waals surface area contributed by atoms with E-state index in [0.29, 0.717) is 11.4 Å². The standard InChI is InChI=1S/C10H11ClFN/c11-7-2-1-4-8-5-3-6-9(12)10(8)13/h1,3-6H,2,7,13H2. The second-order valence-electron chi connectivity index (χ2n) is 2.62. The van der Waals surface area contributed by atoms with Crippen molar-refractivity contribution in [3.8, 4) is 0 Å². The molecule has 0 atom stereocenters. The Morgan fingerprint density at radius 3 is 2.92 bits per heavy atom. The summed E-state index contributed by atoms with van der Waals surface area (Å²) >= 11 is 5.48. The van der Waals surface area contributed by atoms with Crippen LogP contribution in [0.15, 0.2) is 24.3 Å². The highest BCUT2D eigenvalue weighted by atomic mass is 35.5. The van der Waals surface area contributed by atoms with E-state index in [2.05, 4.69) is 0 Å². The van der Waals surface area contributed by atoms with Gasteiger partial charge < -0.3 is 5.73 Å². The summed E-state index contributed by atoms with van der Waals surface area (Å²) in [6, 6.07) is 4.74. The molecule has 0 amide bonds. The predicted octanol–water partition coefficient (Wildman–Crippen LogP) is 3.05. The zero-order valence-corrected chi connectivity index (χ0v) is 7.89. The Kier molecular flexibility index (Phi) is 3.77. The van der Waals surface area contributed by atoms with Crippen molar-refractivity contribution < 1.29 is 4.39 Å². The van der Waals surface area contributed by atoms with Gasteiger partial charge in [0, 0.05) is 11.4 Å². The highest BCUT2D eigenvalue weighted by Gasteiger charge is 1.99. The smallest absolute Gasteiger partial charge is 0.146 e. The first-order chi connectivity index (χ1) is 6.25. The van der Waals surface area contributed by atoms with Crippen LogP contribution in [-0.2, 0) is 0 Å².